The molecular formula is C21H18N4S. The van der Waals surface area contributed by atoms with Crippen LogP contribution >= 0.6 is 11.3 Å². The van der Waals surface area contributed by atoms with E-state index in [4.69, 9.17) is 4.98 Å². The van der Waals surface area contributed by atoms with Crippen LogP contribution in [0.1, 0.15) is 36.9 Å². The Hall–Kier alpha value is -2.97. The van der Waals surface area contributed by atoms with E-state index in [1.165, 1.54) is 0 Å². The normalized spacial score (nSPS) is 11.3. The zero-order valence-electron chi connectivity index (χ0n) is 14.9. The quantitative estimate of drug-likeness (QED) is 0.469. The van der Waals surface area contributed by atoms with Crippen molar-refractivity contribution < 1.29 is 0 Å². The Balaban J connectivity index is 1.69. The number of hydrogen-bond acceptors (Lipinski definition) is 4. The van der Waals surface area contributed by atoms with Gasteiger partial charge in [0.15, 0.2) is 5.65 Å². The first-order chi connectivity index (χ1) is 12.5. The molecule has 0 atom stereocenters. The number of rotatable bonds is 1. The monoisotopic (exact) mass is 358 g/mol. The number of hydrogen-bond donors (Lipinski definition) is 0. The Morgan fingerprint density at radius 1 is 1.08 bits per heavy atom. The molecule has 0 spiro atoms. The topological polar surface area (TPSA) is 43.1 Å². The van der Waals surface area contributed by atoms with Crippen LogP contribution in [0.4, 0.5) is 0 Å². The van der Waals surface area contributed by atoms with E-state index >= 15 is 0 Å². The van der Waals surface area contributed by atoms with Crippen LogP contribution in [-0.4, -0.2) is 19.4 Å². The van der Waals surface area contributed by atoms with Gasteiger partial charge in [-0.05, 0) is 24.3 Å². The summed E-state index contributed by atoms with van der Waals surface area (Å²) in [6.07, 6.45) is 9.34. The van der Waals surface area contributed by atoms with Crippen molar-refractivity contribution in [3.8, 4) is 22.4 Å². The van der Waals surface area contributed by atoms with Crippen molar-refractivity contribution in [2.75, 3.05) is 0 Å². The number of aromatic nitrogens is 4. The largest absolute Gasteiger partial charge is 0.303 e. The van der Waals surface area contributed by atoms with Crippen LogP contribution in [0.15, 0.2) is 55.2 Å². The van der Waals surface area contributed by atoms with E-state index in [9.17, 15) is 0 Å². The van der Waals surface area contributed by atoms with Gasteiger partial charge in [-0.1, -0.05) is 32.6 Å². The van der Waals surface area contributed by atoms with E-state index in [1.807, 2.05) is 35.0 Å². The highest BCUT2D eigenvalue weighted by atomic mass is 32.1. The summed E-state index contributed by atoms with van der Waals surface area (Å²) in [7, 11) is 0. The van der Waals surface area contributed by atoms with Gasteiger partial charge < -0.3 is 4.40 Å². The summed E-state index contributed by atoms with van der Waals surface area (Å²) in [6, 6.07) is 7.96. The average Bonchev–Trinajstić information content (AvgIpc) is 3.26. The molecular weight excluding hydrogens is 340 g/mol. The molecule has 0 aliphatic carbocycles. The van der Waals surface area contributed by atoms with E-state index < -0.39 is 0 Å². The molecule has 0 saturated carbocycles. The Morgan fingerprint density at radius 3 is 2.73 bits per heavy atom. The first-order valence-electron chi connectivity index (χ1n) is 8.37. The minimum Gasteiger partial charge on any atom is -0.303 e. The lowest BCUT2D eigenvalue weighted by molar-refractivity contribution is 0.570. The van der Waals surface area contributed by atoms with Gasteiger partial charge in [-0.25, -0.2) is 4.98 Å². The highest BCUT2D eigenvalue weighted by Gasteiger charge is 2.21. The van der Waals surface area contributed by atoms with Gasteiger partial charge in [-0.2, -0.15) is 0 Å². The summed E-state index contributed by atoms with van der Waals surface area (Å²) >= 11 is 1.64. The molecule has 128 valence electrons. The number of thiophene rings is 1. The Morgan fingerprint density at radius 2 is 1.96 bits per heavy atom. The third-order valence-corrected chi connectivity index (χ3v) is 4.96. The van der Waals surface area contributed by atoms with Gasteiger partial charge in [0.25, 0.3) is 0 Å². The van der Waals surface area contributed by atoms with Crippen molar-refractivity contribution in [2.24, 2.45) is 0 Å². The van der Waals surface area contributed by atoms with Gasteiger partial charge in [-0.15, -0.1) is 11.3 Å². The number of fused-ring (bicyclic) bond motifs is 1. The van der Waals surface area contributed by atoms with Crippen molar-refractivity contribution in [3.63, 3.8) is 0 Å². The first kappa shape index (κ1) is 16.5. The van der Waals surface area contributed by atoms with E-state index in [-0.39, 0.29) is 5.41 Å². The molecule has 0 aromatic carbocycles. The maximum atomic E-state index is 4.83. The molecule has 0 aliphatic heterocycles. The van der Waals surface area contributed by atoms with Crippen LogP contribution in [0.5, 0.6) is 0 Å². The molecule has 26 heavy (non-hydrogen) atoms. The molecule has 0 bridgehead atoms. The van der Waals surface area contributed by atoms with E-state index in [1.54, 1.807) is 23.7 Å². The Labute approximate surface area is 156 Å². The summed E-state index contributed by atoms with van der Waals surface area (Å²) in [6.45, 7) is 6.46. The molecule has 4 heterocycles. The van der Waals surface area contributed by atoms with E-state index in [0.29, 0.717) is 0 Å². The Bertz CT molecular complexity index is 1120. The summed E-state index contributed by atoms with van der Waals surface area (Å²) in [4.78, 5) is 15.6. The van der Waals surface area contributed by atoms with Gasteiger partial charge in [0, 0.05) is 42.0 Å². The molecule has 4 aromatic rings. The third kappa shape index (κ3) is 3.24. The second-order valence-electron chi connectivity index (χ2n) is 7.04. The summed E-state index contributed by atoms with van der Waals surface area (Å²) in [5, 5.41) is 0. The smallest absolute Gasteiger partial charge is 0.159 e. The maximum absolute atomic E-state index is 4.83. The molecule has 4 rings (SSSR count). The predicted molar refractivity (Wildman–Crippen MR) is 105 cm³/mol. The zero-order chi connectivity index (χ0) is 18.1. The van der Waals surface area contributed by atoms with Crippen LogP contribution in [0.25, 0.3) is 16.2 Å². The van der Waals surface area contributed by atoms with Crippen LogP contribution in [-0.2, 0) is 5.41 Å². The number of imidazole rings is 1. The molecule has 0 aliphatic rings. The van der Waals surface area contributed by atoms with Crippen molar-refractivity contribution in [3.05, 3.63) is 71.4 Å². The summed E-state index contributed by atoms with van der Waals surface area (Å²) in [5.74, 6) is 6.35. The van der Waals surface area contributed by atoms with Gasteiger partial charge in [0.1, 0.15) is 0 Å². The summed E-state index contributed by atoms with van der Waals surface area (Å²) < 4.78 is 2.05. The molecule has 5 heteroatoms. The lowest BCUT2D eigenvalue weighted by Crippen LogP contribution is -2.15. The number of pyridine rings is 1. The van der Waals surface area contributed by atoms with Crippen molar-refractivity contribution in [2.45, 2.75) is 26.2 Å². The fourth-order valence-electron chi connectivity index (χ4n) is 2.68. The second-order valence-corrected chi connectivity index (χ2v) is 8.12. The lowest BCUT2D eigenvalue weighted by atomic mass is 9.92. The first-order valence-corrected chi connectivity index (χ1v) is 9.19. The van der Waals surface area contributed by atoms with Crippen molar-refractivity contribution in [1.82, 2.24) is 19.4 Å². The van der Waals surface area contributed by atoms with Crippen LogP contribution < -0.4 is 0 Å². The van der Waals surface area contributed by atoms with Crippen LogP contribution in [0, 0.1) is 11.8 Å². The minimum absolute atomic E-state index is 0.0546. The molecule has 4 nitrogen and oxygen atoms in total. The maximum Gasteiger partial charge on any atom is 0.159 e. The van der Waals surface area contributed by atoms with Gasteiger partial charge in [0.2, 0.25) is 0 Å². The average molecular weight is 358 g/mol. The zero-order valence-corrected chi connectivity index (χ0v) is 15.7. The summed E-state index contributed by atoms with van der Waals surface area (Å²) in [5.41, 5.74) is 3.71. The fraction of sp³-hybridized carbons (Fsp3) is 0.190. The van der Waals surface area contributed by atoms with Gasteiger partial charge in [-0.3, -0.25) is 9.97 Å². The van der Waals surface area contributed by atoms with Crippen LogP contribution in [0.3, 0.4) is 0 Å². The second kappa shape index (κ2) is 6.40. The molecule has 4 aromatic heterocycles. The SMILES string of the molecule is CC(C)(C)c1nccn2cc(-c3ccc(C#Cc4cccnc4)s3)nc12. The lowest BCUT2D eigenvalue weighted by Gasteiger charge is -2.17. The molecule has 0 saturated heterocycles. The Kier molecular flexibility index (Phi) is 4.06. The van der Waals surface area contributed by atoms with Crippen molar-refractivity contribution in [1.29, 1.82) is 0 Å². The molecule has 0 unspecified atom stereocenters. The van der Waals surface area contributed by atoms with Crippen molar-refractivity contribution >= 4 is 17.0 Å². The molecule has 0 N–H and O–H groups in total. The van der Waals surface area contributed by atoms with Gasteiger partial charge >= 0.3 is 0 Å². The predicted octanol–water partition coefficient (Wildman–Crippen LogP) is 4.55. The molecule has 0 fully saturated rings. The third-order valence-electron chi connectivity index (χ3n) is 3.94. The highest BCUT2D eigenvalue weighted by molar-refractivity contribution is 7.16. The molecule has 0 amide bonds. The van der Waals surface area contributed by atoms with Gasteiger partial charge in [0.05, 0.1) is 21.1 Å². The molecule has 0 radical (unpaired) electrons. The van der Waals surface area contributed by atoms with E-state index in [2.05, 4.69) is 54.8 Å². The minimum atomic E-state index is -0.0546. The van der Waals surface area contributed by atoms with Crippen LogP contribution in [0.2, 0.25) is 0 Å². The number of nitrogens with zero attached hydrogens (tertiary/aromatic N) is 4. The fourth-order valence-corrected chi connectivity index (χ4v) is 3.49. The highest BCUT2D eigenvalue weighted by Crippen LogP contribution is 2.30. The van der Waals surface area contributed by atoms with E-state index in [0.717, 1.165) is 32.4 Å². The standard InChI is InChI=1S/C21H18N4S/c1-21(2,3)19-20-24-17(14-25(20)12-11-23-19)18-9-8-16(26-18)7-6-15-5-4-10-22-13-15/h4-5,8-14H,1-3H3.